The van der Waals surface area contributed by atoms with Crippen LogP contribution in [0.5, 0.6) is 0 Å². The van der Waals surface area contributed by atoms with Gasteiger partial charge in [0, 0.05) is 12.5 Å². The van der Waals surface area contributed by atoms with Crippen LogP contribution in [0.4, 0.5) is 0 Å². The first-order valence-electron chi connectivity index (χ1n) is 8.28. The summed E-state index contributed by atoms with van der Waals surface area (Å²) in [7, 11) is 2.14. The number of hydrogen-bond acceptors (Lipinski definition) is 3. The van der Waals surface area contributed by atoms with Gasteiger partial charge in [-0.3, -0.25) is 0 Å². The first-order chi connectivity index (χ1) is 10.6. The summed E-state index contributed by atoms with van der Waals surface area (Å²) in [6, 6.07) is 4.00. The van der Waals surface area contributed by atoms with E-state index in [1.165, 1.54) is 44.3 Å². The van der Waals surface area contributed by atoms with Gasteiger partial charge in [0.05, 0.1) is 9.21 Å². The fraction of sp³-hybridized carbons (Fsp3) is 0.647. The lowest BCUT2D eigenvalue weighted by Gasteiger charge is -2.56. The number of halogens is 1. The molecule has 2 aromatic rings. The average Bonchev–Trinajstić information content (AvgIpc) is 3.03. The summed E-state index contributed by atoms with van der Waals surface area (Å²) in [6.45, 7) is 0. The highest BCUT2D eigenvalue weighted by Crippen LogP contribution is 2.60. The van der Waals surface area contributed by atoms with Gasteiger partial charge in [-0.25, -0.2) is 0 Å². The molecule has 0 unspecified atom stereocenters. The number of rotatable bonds is 2. The molecule has 0 N–H and O–H groups in total. The van der Waals surface area contributed by atoms with Crippen LogP contribution in [0, 0.1) is 17.8 Å². The topological polar surface area (TPSA) is 30.7 Å². The normalized spacial score (nSPS) is 36.2. The van der Waals surface area contributed by atoms with Crippen LogP contribution in [0.15, 0.2) is 12.1 Å². The van der Waals surface area contributed by atoms with Gasteiger partial charge in [-0.05, 0) is 68.4 Å². The fourth-order valence-corrected chi connectivity index (χ4v) is 6.89. The maximum atomic E-state index is 6.09. The molecule has 5 heteroatoms. The molecule has 22 heavy (non-hydrogen) atoms. The van der Waals surface area contributed by atoms with Crippen molar-refractivity contribution in [3.63, 3.8) is 0 Å². The molecular formula is C17H20ClN3S. The van der Waals surface area contributed by atoms with Crippen LogP contribution in [-0.4, -0.2) is 14.8 Å². The van der Waals surface area contributed by atoms with Gasteiger partial charge in [-0.2, -0.15) is 0 Å². The van der Waals surface area contributed by atoms with Gasteiger partial charge in [-0.15, -0.1) is 21.5 Å². The molecule has 6 rings (SSSR count). The van der Waals surface area contributed by atoms with E-state index in [9.17, 15) is 0 Å². The lowest BCUT2D eigenvalue weighted by molar-refractivity contribution is -0.0107. The van der Waals surface area contributed by atoms with Crippen molar-refractivity contribution in [2.75, 3.05) is 0 Å². The van der Waals surface area contributed by atoms with E-state index in [0.717, 1.165) is 32.8 Å². The van der Waals surface area contributed by atoms with Crippen LogP contribution in [0.2, 0.25) is 4.34 Å². The Bertz CT molecular complexity index is 697. The van der Waals surface area contributed by atoms with E-state index >= 15 is 0 Å². The third-order valence-corrected chi connectivity index (χ3v) is 7.41. The van der Waals surface area contributed by atoms with Crippen molar-refractivity contribution in [1.82, 2.24) is 14.8 Å². The molecule has 4 bridgehead atoms. The molecule has 4 fully saturated rings. The van der Waals surface area contributed by atoms with E-state index in [0.29, 0.717) is 5.41 Å². The van der Waals surface area contributed by atoms with Crippen molar-refractivity contribution in [2.24, 2.45) is 24.8 Å². The molecule has 4 aliphatic rings. The number of aromatic nitrogens is 3. The van der Waals surface area contributed by atoms with Crippen LogP contribution >= 0.6 is 22.9 Å². The minimum Gasteiger partial charge on any atom is -0.313 e. The van der Waals surface area contributed by atoms with Crippen LogP contribution < -0.4 is 0 Å². The van der Waals surface area contributed by atoms with Crippen LogP contribution in [0.3, 0.4) is 0 Å². The van der Waals surface area contributed by atoms with Gasteiger partial charge in [-0.1, -0.05) is 11.6 Å². The third-order valence-electron chi connectivity index (χ3n) is 6.18. The predicted octanol–water partition coefficient (Wildman–Crippen LogP) is 4.66. The number of nitrogens with zero attached hydrogens (tertiary/aromatic N) is 3. The first kappa shape index (κ1) is 13.6. The molecule has 4 aliphatic carbocycles. The Morgan fingerprint density at radius 2 is 1.73 bits per heavy atom. The Balaban J connectivity index is 1.57. The zero-order valence-corrected chi connectivity index (χ0v) is 14.3. The predicted molar refractivity (Wildman–Crippen MR) is 89.2 cm³/mol. The molecular weight excluding hydrogens is 314 g/mol. The summed E-state index contributed by atoms with van der Waals surface area (Å²) in [5.41, 5.74) is 0.301. The first-order valence-corrected chi connectivity index (χ1v) is 9.48. The minimum atomic E-state index is 0.301. The summed E-state index contributed by atoms with van der Waals surface area (Å²) >= 11 is 7.67. The second-order valence-corrected chi connectivity index (χ2v) is 9.42. The Morgan fingerprint density at radius 1 is 1.09 bits per heavy atom. The Labute approximate surface area is 139 Å². The zero-order valence-electron chi connectivity index (χ0n) is 12.8. The molecule has 4 saturated carbocycles. The van der Waals surface area contributed by atoms with Crippen molar-refractivity contribution in [2.45, 2.75) is 43.9 Å². The van der Waals surface area contributed by atoms with Crippen molar-refractivity contribution in [3.05, 3.63) is 22.3 Å². The minimum absolute atomic E-state index is 0.301. The molecule has 3 nitrogen and oxygen atoms in total. The highest BCUT2D eigenvalue weighted by atomic mass is 35.5. The zero-order chi connectivity index (χ0) is 14.9. The van der Waals surface area contributed by atoms with Gasteiger partial charge in [0.1, 0.15) is 5.82 Å². The van der Waals surface area contributed by atoms with E-state index in [1.54, 1.807) is 11.3 Å². The SMILES string of the molecule is Cn1c(-c2ccc(Cl)s2)nnc1C12CC3CC(CC(C3)C1)C2. The Hall–Kier alpha value is -0.870. The fourth-order valence-electron chi connectivity index (χ4n) is 5.82. The lowest BCUT2D eigenvalue weighted by Crippen LogP contribution is -2.49. The summed E-state index contributed by atoms with van der Waals surface area (Å²) in [5, 5.41) is 9.19. The molecule has 0 atom stereocenters. The summed E-state index contributed by atoms with van der Waals surface area (Å²) < 4.78 is 3.06. The van der Waals surface area contributed by atoms with Gasteiger partial charge in [0.2, 0.25) is 0 Å². The van der Waals surface area contributed by atoms with E-state index in [-0.39, 0.29) is 0 Å². The summed E-state index contributed by atoms with van der Waals surface area (Å²) in [6.07, 6.45) is 8.38. The molecule has 0 radical (unpaired) electrons. The number of thiophene rings is 1. The molecule has 2 aromatic heterocycles. The quantitative estimate of drug-likeness (QED) is 0.800. The molecule has 0 saturated heterocycles. The van der Waals surface area contributed by atoms with Crippen molar-refractivity contribution in [3.8, 4) is 10.7 Å². The highest BCUT2D eigenvalue weighted by molar-refractivity contribution is 7.19. The smallest absolute Gasteiger partial charge is 0.173 e. The standard InChI is InChI=1S/C17H20ClN3S/c1-21-15(13-2-3-14(18)22-13)19-20-16(21)17-7-10-4-11(8-17)6-12(5-10)9-17/h2-3,10-12H,4-9H2,1H3. The van der Waals surface area contributed by atoms with E-state index < -0.39 is 0 Å². The average molecular weight is 334 g/mol. The largest absolute Gasteiger partial charge is 0.313 e. The van der Waals surface area contributed by atoms with Crippen LogP contribution in [-0.2, 0) is 12.5 Å². The lowest BCUT2D eigenvalue weighted by atomic mass is 9.49. The Morgan fingerprint density at radius 3 is 2.27 bits per heavy atom. The summed E-state index contributed by atoms with van der Waals surface area (Å²) in [4.78, 5) is 1.12. The second-order valence-electron chi connectivity index (χ2n) is 7.71. The van der Waals surface area contributed by atoms with Crippen LogP contribution in [0.1, 0.15) is 44.3 Å². The molecule has 116 valence electrons. The van der Waals surface area contributed by atoms with Gasteiger partial charge in [0.15, 0.2) is 5.82 Å². The summed E-state index contributed by atoms with van der Waals surface area (Å²) in [5.74, 6) is 5.00. The van der Waals surface area contributed by atoms with E-state index in [2.05, 4.69) is 27.9 Å². The van der Waals surface area contributed by atoms with E-state index in [4.69, 9.17) is 11.6 Å². The maximum Gasteiger partial charge on any atom is 0.173 e. The maximum absolute atomic E-state index is 6.09. The molecule has 0 spiro atoms. The molecule has 0 aliphatic heterocycles. The molecule has 0 amide bonds. The van der Waals surface area contributed by atoms with Gasteiger partial charge < -0.3 is 4.57 Å². The molecule has 2 heterocycles. The Kier molecular flexibility index (Phi) is 2.82. The monoisotopic (exact) mass is 333 g/mol. The van der Waals surface area contributed by atoms with Crippen molar-refractivity contribution >= 4 is 22.9 Å². The second kappa shape index (κ2) is 4.57. The van der Waals surface area contributed by atoms with Gasteiger partial charge in [0.25, 0.3) is 0 Å². The van der Waals surface area contributed by atoms with Crippen molar-refractivity contribution < 1.29 is 0 Å². The van der Waals surface area contributed by atoms with Gasteiger partial charge >= 0.3 is 0 Å². The number of hydrogen-bond donors (Lipinski definition) is 0. The molecule has 0 aromatic carbocycles. The van der Waals surface area contributed by atoms with E-state index in [1.807, 2.05) is 6.07 Å². The van der Waals surface area contributed by atoms with Crippen LogP contribution in [0.25, 0.3) is 10.7 Å². The highest BCUT2D eigenvalue weighted by Gasteiger charge is 2.53. The third kappa shape index (κ3) is 1.86. The van der Waals surface area contributed by atoms with Crippen molar-refractivity contribution in [1.29, 1.82) is 0 Å².